The highest BCUT2D eigenvalue weighted by Crippen LogP contribution is 2.30. The number of aromatic nitrogens is 1. The summed E-state index contributed by atoms with van der Waals surface area (Å²) in [5.41, 5.74) is 0. The molecule has 0 spiro atoms. The van der Waals surface area contributed by atoms with Crippen LogP contribution in [0, 0.1) is 18.8 Å². The second kappa shape index (κ2) is 6.56. The predicted molar refractivity (Wildman–Crippen MR) is 67.7 cm³/mol. The number of hydrogen-bond acceptors (Lipinski definition) is 5. The number of aliphatic hydroxyl groups excluding tert-OH is 1. The zero-order chi connectivity index (χ0) is 13.7. The Labute approximate surface area is 112 Å². The summed E-state index contributed by atoms with van der Waals surface area (Å²) in [4.78, 5) is 11.6. The molecule has 1 aromatic heterocycles. The topological polar surface area (TPSA) is 84.6 Å². The summed E-state index contributed by atoms with van der Waals surface area (Å²) in [6, 6.07) is 1.63. The van der Waals surface area contributed by atoms with E-state index in [-0.39, 0.29) is 19.1 Å². The van der Waals surface area contributed by atoms with Gasteiger partial charge in [0.1, 0.15) is 5.76 Å². The first kappa shape index (κ1) is 13.9. The number of hydrogen-bond donors (Lipinski definition) is 2. The van der Waals surface area contributed by atoms with Crippen LogP contribution in [0.5, 0.6) is 5.88 Å². The summed E-state index contributed by atoms with van der Waals surface area (Å²) in [6.45, 7) is 2.50. The van der Waals surface area contributed by atoms with Crippen molar-refractivity contribution < 1.29 is 19.2 Å². The van der Waals surface area contributed by atoms with Crippen molar-refractivity contribution >= 4 is 5.91 Å². The zero-order valence-electron chi connectivity index (χ0n) is 11.1. The minimum atomic E-state index is -0.177. The van der Waals surface area contributed by atoms with E-state index in [4.69, 9.17) is 9.26 Å². The quantitative estimate of drug-likeness (QED) is 0.800. The summed E-state index contributed by atoms with van der Waals surface area (Å²) in [6.07, 6.45) is 3.24. The molecule has 1 aliphatic rings. The Kier molecular flexibility index (Phi) is 4.79. The molecule has 0 aliphatic heterocycles. The number of ether oxygens (including phenoxy) is 1. The maximum Gasteiger partial charge on any atom is 0.258 e. The van der Waals surface area contributed by atoms with Crippen LogP contribution in [0.2, 0.25) is 0 Å². The van der Waals surface area contributed by atoms with Gasteiger partial charge < -0.3 is 19.7 Å². The number of nitrogens with zero attached hydrogens (tertiary/aromatic N) is 1. The van der Waals surface area contributed by atoms with Gasteiger partial charge in [-0.1, -0.05) is 6.42 Å². The third kappa shape index (κ3) is 3.96. The van der Waals surface area contributed by atoms with E-state index < -0.39 is 0 Å². The van der Waals surface area contributed by atoms with Gasteiger partial charge in [0.05, 0.1) is 0 Å². The van der Waals surface area contributed by atoms with Crippen molar-refractivity contribution in [3.05, 3.63) is 11.8 Å². The van der Waals surface area contributed by atoms with Gasteiger partial charge in [0.2, 0.25) is 0 Å². The lowest BCUT2D eigenvalue weighted by Gasteiger charge is -2.17. The maximum atomic E-state index is 11.6. The van der Waals surface area contributed by atoms with Crippen LogP contribution in [0.25, 0.3) is 0 Å². The first-order valence-electron chi connectivity index (χ1n) is 6.62. The highest BCUT2D eigenvalue weighted by atomic mass is 16.5. The molecule has 6 heteroatoms. The van der Waals surface area contributed by atoms with E-state index in [1.165, 1.54) is 0 Å². The first-order chi connectivity index (χ1) is 9.19. The first-order valence-corrected chi connectivity index (χ1v) is 6.62. The maximum absolute atomic E-state index is 11.6. The van der Waals surface area contributed by atoms with Gasteiger partial charge in [-0.15, -0.1) is 0 Å². The Morgan fingerprint density at radius 3 is 3.05 bits per heavy atom. The van der Waals surface area contributed by atoms with E-state index in [2.05, 4.69) is 10.5 Å². The number of aliphatic hydroxyl groups is 1. The number of nitrogens with one attached hydrogen (secondary N) is 1. The average molecular weight is 268 g/mol. The highest BCUT2D eigenvalue weighted by molar-refractivity contribution is 5.77. The Bertz CT molecular complexity index is 419. The van der Waals surface area contributed by atoms with Crippen molar-refractivity contribution in [2.24, 2.45) is 11.8 Å². The molecular formula is C13H20N2O4. The Balaban J connectivity index is 1.67. The van der Waals surface area contributed by atoms with Crippen LogP contribution >= 0.6 is 0 Å². The van der Waals surface area contributed by atoms with E-state index >= 15 is 0 Å². The van der Waals surface area contributed by atoms with Crippen LogP contribution in [-0.4, -0.2) is 35.9 Å². The summed E-state index contributed by atoms with van der Waals surface area (Å²) >= 11 is 0. The molecular weight excluding hydrogens is 248 g/mol. The zero-order valence-corrected chi connectivity index (χ0v) is 11.1. The van der Waals surface area contributed by atoms with Gasteiger partial charge in [-0.05, 0) is 36.8 Å². The molecule has 1 amide bonds. The fourth-order valence-electron chi connectivity index (χ4n) is 2.47. The summed E-state index contributed by atoms with van der Waals surface area (Å²) < 4.78 is 10.0. The van der Waals surface area contributed by atoms with Gasteiger partial charge in [-0.2, -0.15) is 0 Å². The molecule has 2 N–H and O–H groups in total. The SMILES string of the molecule is Cc1cc(OCC(=O)NCC2CCCC2CO)no1. The van der Waals surface area contributed by atoms with Crippen LogP contribution in [0.1, 0.15) is 25.0 Å². The normalized spacial score (nSPS) is 22.4. The van der Waals surface area contributed by atoms with Crippen LogP contribution in [0.4, 0.5) is 0 Å². The molecule has 106 valence electrons. The lowest BCUT2D eigenvalue weighted by molar-refractivity contribution is -0.123. The van der Waals surface area contributed by atoms with Gasteiger partial charge >= 0.3 is 0 Å². The number of carbonyl (C=O) groups excluding carboxylic acids is 1. The van der Waals surface area contributed by atoms with Crippen molar-refractivity contribution in [1.82, 2.24) is 10.5 Å². The third-order valence-electron chi connectivity index (χ3n) is 3.57. The molecule has 2 rings (SSSR count). The van der Waals surface area contributed by atoms with Gasteiger partial charge in [-0.3, -0.25) is 4.79 Å². The fourth-order valence-corrected chi connectivity index (χ4v) is 2.47. The van der Waals surface area contributed by atoms with Crippen molar-refractivity contribution in [3.63, 3.8) is 0 Å². The highest BCUT2D eigenvalue weighted by Gasteiger charge is 2.26. The average Bonchev–Trinajstić information content (AvgIpc) is 3.02. The van der Waals surface area contributed by atoms with Gasteiger partial charge in [0.15, 0.2) is 6.61 Å². The molecule has 19 heavy (non-hydrogen) atoms. The van der Waals surface area contributed by atoms with E-state index in [0.29, 0.717) is 30.0 Å². The number of rotatable bonds is 6. The Hall–Kier alpha value is -1.56. The lowest BCUT2D eigenvalue weighted by atomic mass is 9.97. The van der Waals surface area contributed by atoms with E-state index in [9.17, 15) is 9.90 Å². The monoisotopic (exact) mass is 268 g/mol. The third-order valence-corrected chi connectivity index (χ3v) is 3.57. The van der Waals surface area contributed by atoms with E-state index in [0.717, 1.165) is 19.3 Å². The Morgan fingerprint density at radius 1 is 1.58 bits per heavy atom. The standard InChI is InChI=1S/C13H20N2O4/c1-9-5-13(15-19-9)18-8-12(17)14-6-10-3-2-4-11(10)7-16/h5,10-11,16H,2-4,6-8H2,1H3,(H,14,17). The molecule has 0 saturated heterocycles. The lowest BCUT2D eigenvalue weighted by Crippen LogP contribution is -2.34. The second-order valence-electron chi connectivity index (χ2n) is 5.00. The van der Waals surface area contributed by atoms with Crippen LogP contribution < -0.4 is 10.1 Å². The fraction of sp³-hybridized carbons (Fsp3) is 0.692. The summed E-state index contributed by atoms with van der Waals surface area (Å²) in [7, 11) is 0. The molecule has 1 aliphatic carbocycles. The predicted octanol–water partition coefficient (Wildman–Crippen LogP) is 0.887. The second-order valence-corrected chi connectivity index (χ2v) is 5.00. The molecule has 1 aromatic rings. The van der Waals surface area contributed by atoms with E-state index in [1.807, 2.05) is 0 Å². The van der Waals surface area contributed by atoms with Gasteiger partial charge in [0.25, 0.3) is 11.8 Å². The molecule has 1 saturated carbocycles. The van der Waals surface area contributed by atoms with Crippen molar-refractivity contribution in [2.75, 3.05) is 19.8 Å². The van der Waals surface area contributed by atoms with Crippen LogP contribution in [0.15, 0.2) is 10.6 Å². The number of amides is 1. The van der Waals surface area contributed by atoms with Crippen molar-refractivity contribution in [1.29, 1.82) is 0 Å². The van der Waals surface area contributed by atoms with Crippen molar-refractivity contribution in [2.45, 2.75) is 26.2 Å². The summed E-state index contributed by atoms with van der Waals surface area (Å²) in [5.74, 6) is 1.49. The van der Waals surface area contributed by atoms with Crippen LogP contribution in [-0.2, 0) is 4.79 Å². The van der Waals surface area contributed by atoms with Crippen LogP contribution in [0.3, 0.4) is 0 Å². The van der Waals surface area contributed by atoms with Gasteiger partial charge in [0, 0.05) is 19.2 Å². The minimum Gasteiger partial charge on any atom is -0.465 e. The molecule has 0 radical (unpaired) electrons. The minimum absolute atomic E-state index is 0.0670. The smallest absolute Gasteiger partial charge is 0.258 e. The molecule has 0 aromatic carbocycles. The number of carbonyl (C=O) groups is 1. The Morgan fingerprint density at radius 2 is 2.37 bits per heavy atom. The molecule has 2 atom stereocenters. The summed E-state index contributed by atoms with van der Waals surface area (Å²) in [5, 5.41) is 15.7. The molecule has 0 bridgehead atoms. The van der Waals surface area contributed by atoms with E-state index in [1.54, 1.807) is 13.0 Å². The molecule has 6 nitrogen and oxygen atoms in total. The number of aryl methyl sites for hydroxylation is 1. The molecule has 2 unspecified atom stereocenters. The van der Waals surface area contributed by atoms with Gasteiger partial charge in [-0.25, -0.2) is 0 Å². The largest absolute Gasteiger partial charge is 0.465 e. The molecule has 1 fully saturated rings. The van der Waals surface area contributed by atoms with Crippen molar-refractivity contribution in [3.8, 4) is 5.88 Å². The molecule has 1 heterocycles.